The lowest BCUT2D eigenvalue weighted by molar-refractivity contribution is 0.346. The predicted molar refractivity (Wildman–Crippen MR) is 125 cm³/mol. The molecular formula is C20H29IN4O3S. The Hall–Kier alpha value is -1.59. The van der Waals surface area contributed by atoms with Gasteiger partial charge in [-0.25, -0.2) is 13.4 Å². The van der Waals surface area contributed by atoms with Crippen LogP contribution >= 0.6 is 24.0 Å². The Morgan fingerprint density at radius 1 is 1.10 bits per heavy atom. The van der Waals surface area contributed by atoms with E-state index in [1.165, 1.54) is 0 Å². The molecule has 160 valence electrons. The van der Waals surface area contributed by atoms with E-state index in [0.29, 0.717) is 37.0 Å². The van der Waals surface area contributed by atoms with Gasteiger partial charge in [0.15, 0.2) is 5.96 Å². The first-order valence-corrected chi connectivity index (χ1v) is 11.2. The molecule has 0 radical (unpaired) electrons. The third kappa shape index (κ3) is 6.71. The minimum atomic E-state index is -3.39. The van der Waals surface area contributed by atoms with Crippen molar-refractivity contribution in [1.82, 2.24) is 14.9 Å². The van der Waals surface area contributed by atoms with Crippen molar-refractivity contribution in [2.24, 2.45) is 4.99 Å². The van der Waals surface area contributed by atoms with E-state index < -0.39 is 10.0 Å². The van der Waals surface area contributed by atoms with Crippen molar-refractivity contribution in [2.45, 2.75) is 44.2 Å². The predicted octanol–water partition coefficient (Wildman–Crippen LogP) is 3.33. The van der Waals surface area contributed by atoms with E-state index in [4.69, 9.17) is 4.42 Å². The minimum absolute atomic E-state index is 0. The van der Waals surface area contributed by atoms with Crippen molar-refractivity contribution in [3.8, 4) is 0 Å². The van der Waals surface area contributed by atoms with Crippen LogP contribution in [0.5, 0.6) is 0 Å². The second-order valence-electron chi connectivity index (χ2n) is 6.74. The zero-order valence-electron chi connectivity index (χ0n) is 16.6. The first-order valence-electron chi connectivity index (χ1n) is 9.73. The number of benzene rings is 1. The molecule has 0 aliphatic carbocycles. The van der Waals surface area contributed by atoms with Crippen molar-refractivity contribution < 1.29 is 12.8 Å². The summed E-state index contributed by atoms with van der Waals surface area (Å²) in [5.74, 6) is 1.52. The Kier molecular flexibility index (Phi) is 9.44. The summed E-state index contributed by atoms with van der Waals surface area (Å²) in [5.41, 5.74) is 0.952. The number of nitrogens with zero attached hydrogens (tertiary/aromatic N) is 2. The number of rotatable bonds is 7. The molecular weight excluding hydrogens is 503 g/mol. The number of guanidine groups is 1. The lowest BCUT2D eigenvalue weighted by Crippen LogP contribution is -2.36. The minimum Gasteiger partial charge on any atom is -0.467 e. The molecule has 0 saturated carbocycles. The molecule has 0 unspecified atom stereocenters. The van der Waals surface area contributed by atoms with E-state index in [9.17, 15) is 8.42 Å². The fourth-order valence-corrected chi connectivity index (χ4v) is 4.63. The summed E-state index contributed by atoms with van der Waals surface area (Å²) in [6.45, 7) is 4.98. The van der Waals surface area contributed by atoms with E-state index in [1.54, 1.807) is 22.7 Å². The van der Waals surface area contributed by atoms with Crippen molar-refractivity contribution in [1.29, 1.82) is 0 Å². The first-order chi connectivity index (χ1) is 13.6. The van der Waals surface area contributed by atoms with Crippen LogP contribution in [-0.4, -0.2) is 38.3 Å². The van der Waals surface area contributed by atoms with Crippen LogP contribution in [0.4, 0.5) is 0 Å². The molecule has 1 saturated heterocycles. The van der Waals surface area contributed by atoms with Crippen LogP contribution in [0.2, 0.25) is 0 Å². The van der Waals surface area contributed by atoms with Crippen molar-refractivity contribution >= 4 is 40.0 Å². The smallest absolute Gasteiger partial charge is 0.243 e. The molecule has 1 fully saturated rings. The SMILES string of the molecule is CCNC(=NCc1ccc(S(=O)(=O)N2CCCCC2)cc1)NCc1ccco1.I. The normalized spacial score (nSPS) is 15.6. The highest BCUT2D eigenvalue weighted by molar-refractivity contribution is 14.0. The maximum absolute atomic E-state index is 12.7. The van der Waals surface area contributed by atoms with Gasteiger partial charge in [0.05, 0.1) is 24.2 Å². The van der Waals surface area contributed by atoms with Crippen molar-refractivity contribution in [3.05, 3.63) is 54.0 Å². The van der Waals surface area contributed by atoms with E-state index in [-0.39, 0.29) is 24.0 Å². The Labute approximate surface area is 190 Å². The molecule has 1 aromatic carbocycles. The Morgan fingerprint density at radius 2 is 1.83 bits per heavy atom. The molecule has 0 atom stereocenters. The molecule has 0 spiro atoms. The molecule has 7 nitrogen and oxygen atoms in total. The summed E-state index contributed by atoms with van der Waals surface area (Å²) in [5, 5.41) is 6.40. The number of piperidine rings is 1. The Balaban J connectivity index is 0.00000300. The fraction of sp³-hybridized carbons (Fsp3) is 0.450. The molecule has 9 heteroatoms. The molecule has 3 rings (SSSR count). The third-order valence-corrected chi connectivity index (χ3v) is 6.56. The zero-order valence-corrected chi connectivity index (χ0v) is 19.8. The summed E-state index contributed by atoms with van der Waals surface area (Å²) in [4.78, 5) is 4.91. The molecule has 0 bridgehead atoms. The van der Waals surface area contributed by atoms with Gasteiger partial charge < -0.3 is 15.1 Å². The summed E-state index contributed by atoms with van der Waals surface area (Å²) < 4.78 is 32.3. The lowest BCUT2D eigenvalue weighted by atomic mass is 10.2. The average molecular weight is 532 g/mol. The number of hydrogen-bond acceptors (Lipinski definition) is 4. The van der Waals surface area contributed by atoms with Gasteiger partial charge in [-0.05, 0) is 49.6 Å². The number of nitrogens with one attached hydrogen (secondary N) is 2. The van der Waals surface area contributed by atoms with Gasteiger partial charge in [0, 0.05) is 19.6 Å². The molecule has 2 heterocycles. The van der Waals surface area contributed by atoms with E-state index in [2.05, 4.69) is 15.6 Å². The van der Waals surface area contributed by atoms with Crippen molar-refractivity contribution in [3.63, 3.8) is 0 Å². The standard InChI is InChI=1S/C20H28N4O3S.HI/c1-2-21-20(23-16-18-7-6-14-27-18)22-15-17-8-10-19(11-9-17)28(25,26)24-12-4-3-5-13-24;/h6-11,14H,2-5,12-13,15-16H2,1H3,(H2,21,22,23);1H. The fourth-order valence-electron chi connectivity index (χ4n) is 3.12. The number of sulfonamides is 1. The second-order valence-corrected chi connectivity index (χ2v) is 8.67. The second kappa shape index (κ2) is 11.6. The van der Waals surface area contributed by atoms with Crippen LogP contribution in [0.3, 0.4) is 0 Å². The van der Waals surface area contributed by atoms with Crippen LogP contribution in [0, 0.1) is 0 Å². The summed E-state index contributed by atoms with van der Waals surface area (Å²) in [6.07, 6.45) is 4.61. The Bertz CT molecular complexity index is 862. The number of aliphatic imine (C=N–C) groups is 1. The number of halogens is 1. The van der Waals surface area contributed by atoms with E-state index in [0.717, 1.165) is 37.1 Å². The largest absolute Gasteiger partial charge is 0.467 e. The topological polar surface area (TPSA) is 86.9 Å². The van der Waals surface area contributed by atoms with Crippen LogP contribution in [-0.2, 0) is 23.1 Å². The highest BCUT2D eigenvalue weighted by Crippen LogP contribution is 2.21. The molecule has 0 amide bonds. The highest BCUT2D eigenvalue weighted by Gasteiger charge is 2.25. The molecule has 1 aliphatic heterocycles. The van der Waals surface area contributed by atoms with Gasteiger partial charge in [0.1, 0.15) is 5.76 Å². The maximum Gasteiger partial charge on any atom is 0.243 e. The van der Waals surface area contributed by atoms with Gasteiger partial charge in [0.25, 0.3) is 0 Å². The number of hydrogen-bond donors (Lipinski definition) is 2. The lowest BCUT2D eigenvalue weighted by Gasteiger charge is -2.25. The molecule has 2 N–H and O–H groups in total. The van der Waals surface area contributed by atoms with Crippen LogP contribution < -0.4 is 10.6 Å². The highest BCUT2D eigenvalue weighted by atomic mass is 127. The van der Waals surface area contributed by atoms with Gasteiger partial charge in [-0.1, -0.05) is 18.6 Å². The summed E-state index contributed by atoms with van der Waals surface area (Å²) in [7, 11) is -3.39. The van der Waals surface area contributed by atoms with Gasteiger partial charge in [-0.3, -0.25) is 0 Å². The molecule has 1 aromatic heterocycles. The van der Waals surface area contributed by atoms with Crippen LogP contribution in [0.15, 0.2) is 57.0 Å². The Morgan fingerprint density at radius 3 is 2.45 bits per heavy atom. The van der Waals surface area contributed by atoms with Gasteiger partial charge >= 0.3 is 0 Å². The number of furan rings is 1. The molecule has 29 heavy (non-hydrogen) atoms. The van der Waals surface area contributed by atoms with Crippen LogP contribution in [0.25, 0.3) is 0 Å². The van der Waals surface area contributed by atoms with Crippen molar-refractivity contribution in [2.75, 3.05) is 19.6 Å². The average Bonchev–Trinajstić information content (AvgIpc) is 3.25. The summed E-state index contributed by atoms with van der Waals surface area (Å²) in [6, 6.07) is 10.8. The molecule has 1 aliphatic rings. The van der Waals surface area contributed by atoms with E-state index in [1.807, 2.05) is 31.2 Å². The first kappa shape index (κ1) is 23.7. The van der Waals surface area contributed by atoms with Gasteiger partial charge in [-0.2, -0.15) is 4.31 Å². The van der Waals surface area contributed by atoms with Gasteiger partial charge in [-0.15, -0.1) is 24.0 Å². The maximum atomic E-state index is 12.7. The zero-order chi connectivity index (χ0) is 19.8. The van der Waals surface area contributed by atoms with Gasteiger partial charge in [0.2, 0.25) is 10.0 Å². The quantitative estimate of drug-likeness (QED) is 0.325. The van der Waals surface area contributed by atoms with Crippen LogP contribution in [0.1, 0.15) is 37.5 Å². The summed E-state index contributed by atoms with van der Waals surface area (Å²) >= 11 is 0. The van der Waals surface area contributed by atoms with E-state index >= 15 is 0 Å². The third-order valence-electron chi connectivity index (χ3n) is 4.65. The monoisotopic (exact) mass is 532 g/mol. The molecule has 2 aromatic rings.